The number of rotatable bonds is 3. The number of aryl methyl sites for hydroxylation is 1. The van der Waals surface area contributed by atoms with Crippen LogP contribution in [0.3, 0.4) is 0 Å². The van der Waals surface area contributed by atoms with Gasteiger partial charge in [-0.2, -0.15) is 10.4 Å². The number of likely N-dealkylation sites (tertiary alicyclic amines) is 1. The molecule has 48 heavy (non-hydrogen) atoms. The van der Waals surface area contributed by atoms with Gasteiger partial charge in [0.25, 0.3) is 0 Å². The van der Waals surface area contributed by atoms with E-state index in [1.165, 1.54) is 0 Å². The molecule has 1 saturated heterocycles. The zero-order chi connectivity index (χ0) is 36.6. The third-order valence-corrected chi connectivity index (χ3v) is 8.95. The van der Waals surface area contributed by atoms with Gasteiger partial charge in [-0.3, -0.25) is 4.79 Å². The van der Waals surface area contributed by atoms with E-state index < -0.39 is 69.6 Å². The van der Waals surface area contributed by atoms with Gasteiger partial charge in [0.05, 0.1) is 22.8 Å². The molecule has 1 aromatic heterocycles. The second kappa shape index (κ2) is 11.2. The molecule has 0 spiro atoms. The molecule has 0 N–H and O–H groups in total. The lowest BCUT2D eigenvalue weighted by Gasteiger charge is -2.40. The van der Waals surface area contributed by atoms with Crippen molar-refractivity contribution in [3.63, 3.8) is 0 Å². The second-order valence-corrected chi connectivity index (χ2v) is 13.1. The van der Waals surface area contributed by atoms with Crippen LogP contribution >= 0.6 is 11.6 Å². The Hall–Kier alpha value is -5.15. The van der Waals surface area contributed by atoms with Crippen molar-refractivity contribution >= 4 is 17.7 Å². The summed E-state index contributed by atoms with van der Waals surface area (Å²) in [5, 5.41) is 13.3. The topological polar surface area (TPSA) is 116 Å². The number of fused-ring (bicyclic) bond motifs is 3. The van der Waals surface area contributed by atoms with Crippen LogP contribution in [0.4, 0.5) is 13.6 Å². The first-order chi connectivity index (χ1) is 24.0. The maximum atomic E-state index is 16.9. The fourth-order valence-corrected chi connectivity index (χ4v) is 6.90. The highest BCUT2D eigenvalue weighted by Crippen LogP contribution is 2.55. The molecular formula is C35H29ClF2N4O6. The van der Waals surface area contributed by atoms with Crippen LogP contribution in [0.15, 0.2) is 53.5 Å². The molecule has 13 heteroatoms. The summed E-state index contributed by atoms with van der Waals surface area (Å²) in [4.78, 5) is 28.1. The molecule has 4 aromatic rings. The van der Waals surface area contributed by atoms with Crippen molar-refractivity contribution in [2.45, 2.75) is 57.3 Å². The first-order valence-electron chi connectivity index (χ1n) is 16.5. The van der Waals surface area contributed by atoms with Crippen molar-refractivity contribution in [2.24, 2.45) is 6.98 Å². The molecule has 1 fully saturated rings. The molecule has 0 radical (unpaired) electrons. The van der Waals surface area contributed by atoms with Crippen molar-refractivity contribution in [1.82, 2.24) is 14.7 Å². The molecule has 0 aliphatic carbocycles. The Morgan fingerprint density at radius 3 is 2.62 bits per heavy atom. The predicted molar refractivity (Wildman–Crippen MR) is 170 cm³/mol. The average Bonchev–Trinajstić information content (AvgIpc) is 3.71. The van der Waals surface area contributed by atoms with Gasteiger partial charge >= 0.3 is 11.7 Å². The Kier molecular flexibility index (Phi) is 6.53. The Bertz CT molecular complexity index is 2220. The largest absolute Gasteiger partial charge is 0.480 e. The van der Waals surface area contributed by atoms with Gasteiger partial charge in [-0.05, 0) is 39.2 Å². The average molecular weight is 678 g/mol. The van der Waals surface area contributed by atoms with Gasteiger partial charge in [0.15, 0.2) is 22.9 Å². The summed E-state index contributed by atoms with van der Waals surface area (Å²) < 4.78 is 79.4. The monoisotopic (exact) mass is 677 g/mol. The summed E-state index contributed by atoms with van der Waals surface area (Å²) in [5.41, 5.74) is -3.39. The van der Waals surface area contributed by atoms with Gasteiger partial charge in [0, 0.05) is 52.9 Å². The van der Waals surface area contributed by atoms with E-state index in [4.69, 9.17) is 34.7 Å². The van der Waals surface area contributed by atoms with Crippen LogP contribution in [0.2, 0.25) is 5.02 Å². The number of hydrogen-bond acceptors (Lipinski definition) is 8. The fourth-order valence-electron chi connectivity index (χ4n) is 6.64. The Balaban J connectivity index is 1.40. The molecule has 7 rings (SSSR count). The molecule has 2 atom stereocenters. The molecular weight excluding hydrogens is 646 g/mol. The fraction of sp³-hybridized carbons (Fsp3) is 0.314. The maximum absolute atomic E-state index is 16.9. The molecule has 4 heterocycles. The van der Waals surface area contributed by atoms with Crippen molar-refractivity contribution < 1.29 is 36.6 Å². The number of carbonyl (C=O) groups is 1. The summed E-state index contributed by atoms with van der Waals surface area (Å²) in [5.74, 6) is -4.12. The number of nitrogens with zero attached hydrogens (tertiary/aromatic N) is 4. The van der Waals surface area contributed by atoms with Gasteiger partial charge in [-0.25, -0.2) is 18.3 Å². The summed E-state index contributed by atoms with van der Waals surface area (Å²) in [6.07, 6.45) is 1.46. The van der Waals surface area contributed by atoms with Crippen LogP contribution in [0.25, 0.3) is 11.1 Å². The molecule has 3 aromatic carbocycles. The molecule has 3 aliphatic rings. The van der Waals surface area contributed by atoms with Crippen LogP contribution in [0, 0.1) is 23.0 Å². The summed E-state index contributed by atoms with van der Waals surface area (Å²) in [6.45, 7) is 2.66. The van der Waals surface area contributed by atoms with Gasteiger partial charge < -0.3 is 23.8 Å². The van der Waals surface area contributed by atoms with Crippen LogP contribution in [-0.2, 0) is 23.7 Å². The Morgan fingerprint density at radius 1 is 1.15 bits per heavy atom. The van der Waals surface area contributed by atoms with E-state index in [9.17, 15) is 14.9 Å². The molecule has 246 valence electrons. The van der Waals surface area contributed by atoms with E-state index >= 15 is 8.78 Å². The van der Waals surface area contributed by atoms with Gasteiger partial charge in [0.1, 0.15) is 23.2 Å². The third-order valence-electron chi connectivity index (χ3n) is 8.58. The van der Waals surface area contributed by atoms with Gasteiger partial charge in [0.2, 0.25) is 11.5 Å². The number of nitriles is 1. The highest BCUT2D eigenvalue weighted by atomic mass is 35.5. The number of aromatic nitrogens is 2. The lowest BCUT2D eigenvalue weighted by molar-refractivity contribution is -0.0216. The Labute approximate surface area is 283 Å². The van der Waals surface area contributed by atoms with Crippen LogP contribution in [-0.4, -0.2) is 39.0 Å². The number of carbonyl (C=O) groups excluding carboxylic acids is 1. The maximum Gasteiger partial charge on any atom is 0.410 e. The first-order valence-corrected chi connectivity index (χ1v) is 15.4. The van der Waals surface area contributed by atoms with E-state index in [1.54, 1.807) is 37.8 Å². The van der Waals surface area contributed by atoms with Crippen LogP contribution in [0.1, 0.15) is 54.4 Å². The van der Waals surface area contributed by atoms with E-state index in [2.05, 4.69) is 5.10 Å². The SMILES string of the molecule is [2H]C([2H])([2H])n1ncc2c(c1=O)Oc1c(cc(C#N)c(-c3c(Cl)c(F)cc4c3C[C@](c3ccccc3)([C@@H]3CCCN3C(=O)OC(C)(C)C)O4)c1F)O2. The highest BCUT2D eigenvalue weighted by molar-refractivity contribution is 6.34. The normalized spacial score (nSPS) is 20.5. The van der Waals surface area contributed by atoms with Crippen molar-refractivity contribution in [2.75, 3.05) is 6.54 Å². The lowest BCUT2D eigenvalue weighted by atomic mass is 9.79. The minimum atomic E-state index is -2.98. The molecule has 10 nitrogen and oxygen atoms in total. The van der Waals surface area contributed by atoms with E-state index in [0.717, 1.165) is 18.3 Å². The predicted octanol–water partition coefficient (Wildman–Crippen LogP) is 7.38. The summed E-state index contributed by atoms with van der Waals surface area (Å²) in [6, 6.07) is 12.6. The van der Waals surface area contributed by atoms with Crippen LogP contribution < -0.4 is 19.8 Å². The molecule has 0 unspecified atom stereocenters. The third kappa shape index (κ3) is 4.92. The van der Waals surface area contributed by atoms with Crippen LogP contribution in [0.5, 0.6) is 28.7 Å². The lowest BCUT2D eigenvalue weighted by Crippen LogP contribution is -2.53. The molecule has 0 bridgehead atoms. The molecule has 0 saturated carbocycles. The van der Waals surface area contributed by atoms with Crippen molar-refractivity contribution in [3.05, 3.63) is 92.4 Å². The molecule has 1 amide bonds. The van der Waals surface area contributed by atoms with Gasteiger partial charge in [-0.1, -0.05) is 41.9 Å². The van der Waals surface area contributed by atoms with Crippen molar-refractivity contribution in [3.8, 4) is 45.9 Å². The van der Waals surface area contributed by atoms with Crippen molar-refractivity contribution in [1.29, 1.82) is 5.26 Å². The quantitative estimate of drug-likeness (QED) is 0.194. The number of amides is 1. The van der Waals surface area contributed by atoms with E-state index in [1.807, 2.05) is 24.3 Å². The second-order valence-electron chi connectivity index (χ2n) is 12.7. The Morgan fingerprint density at radius 2 is 1.92 bits per heavy atom. The molecule has 3 aliphatic heterocycles. The summed E-state index contributed by atoms with van der Waals surface area (Å²) in [7, 11) is 0. The number of ether oxygens (including phenoxy) is 4. The zero-order valence-electron chi connectivity index (χ0n) is 28.9. The number of hydrogen-bond donors (Lipinski definition) is 0. The highest BCUT2D eigenvalue weighted by Gasteiger charge is 2.54. The first kappa shape index (κ1) is 27.9. The number of halogens is 3. The van der Waals surface area contributed by atoms with E-state index in [0.29, 0.717) is 24.9 Å². The van der Waals surface area contributed by atoms with E-state index in [-0.39, 0.29) is 45.0 Å². The minimum absolute atomic E-state index is 0.0157. The zero-order valence-corrected chi connectivity index (χ0v) is 26.7. The summed E-state index contributed by atoms with van der Waals surface area (Å²) >= 11 is 6.64. The number of benzene rings is 3. The smallest absolute Gasteiger partial charge is 0.410 e. The van der Waals surface area contributed by atoms with Gasteiger partial charge in [-0.15, -0.1) is 0 Å². The standard InChI is InChI=1S/C35H29ClF2N4O6/c1-34(2,3)48-33(44)42-12-8-11-25(42)35(19-9-6-5-7-10-19)15-20-22(47-35)14-21(37)28(36)27(20)26-18(16-39)13-23-30(29(26)38)46-31-24(45-23)17-40-41(4)32(31)43/h5-7,9-10,13-14,17,25H,8,11-12,15H2,1-4H3/t25-,35-/m0/s1/i4D3. The minimum Gasteiger partial charge on any atom is -0.480 e.